The molecule has 3 atom stereocenters. The molecule has 2 rings (SSSR count). The SMILES string of the molecule is CCC(N)C(c1sccc1C)N1CCCCC1CC. The first-order valence-corrected chi connectivity index (χ1v) is 8.62. The smallest absolute Gasteiger partial charge is 0.0598 e. The van der Waals surface area contributed by atoms with Gasteiger partial charge >= 0.3 is 0 Å². The topological polar surface area (TPSA) is 29.3 Å². The van der Waals surface area contributed by atoms with Crippen molar-refractivity contribution >= 4 is 11.3 Å². The third-order valence-corrected chi connectivity index (χ3v) is 5.64. The molecule has 0 spiro atoms. The molecule has 2 N–H and O–H groups in total. The highest BCUT2D eigenvalue weighted by Gasteiger charge is 2.33. The molecular formula is C16H28N2S. The third-order valence-electron chi connectivity index (χ3n) is 4.55. The molecule has 1 aromatic heterocycles. The normalized spacial score (nSPS) is 24.3. The molecule has 2 heterocycles. The van der Waals surface area contributed by atoms with Gasteiger partial charge in [-0.1, -0.05) is 20.3 Å². The minimum atomic E-state index is 0.254. The Morgan fingerprint density at radius 1 is 1.42 bits per heavy atom. The zero-order valence-electron chi connectivity index (χ0n) is 12.6. The van der Waals surface area contributed by atoms with Crippen LogP contribution >= 0.6 is 11.3 Å². The van der Waals surface area contributed by atoms with Crippen molar-refractivity contribution in [2.24, 2.45) is 5.73 Å². The summed E-state index contributed by atoms with van der Waals surface area (Å²) in [6.45, 7) is 7.98. The van der Waals surface area contributed by atoms with Crippen molar-refractivity contribution < 1.29 is 0 Å². The molecule has 3 heteroatoms. The van der Waals surface area contributed by atoms with Crippen molar-refractivity contribution in [1.82, 2.24) is 4.90 Å². The molecule has 1 aliphatic rings. The van der Waals surface area contributed by atoms with Crippen LogP contribution in [0.15, 0.2) is 11.4 Å². The molecule has 0 radical (unpaired) electrons. The largest absolute Gasteiger partial charge is 0.326 e. The van der Waals surface area contributed by atoms with Crippen LogP contribution in [-0.2, 0) is 0 Å². The average molecular weight is 280 g/mol. The van der Waals surface area contributed by atoms with Gasteiger partial charge < -0.3 is 5.73 Å². The van der Waals surface area contributed by atoms with E-state index in [4.69, 9.17) is 5.73 Å². The maximum absolute atomic E-state index is 6.49. The van der Waals surface area contributed by atoms with Crippen molar-refractivity contribution in [3.8, 4) is 0 Å². The average Bonchev–Trinajstić information content (AvgIpc) is 2.85. The maximum Gasteiger partial charge on any atom is 0.0598 e. The quantitative estimate of drug-likeness (QED) is 0.880. The van der Waals surface area contributed by atoms with Crippen LogP contribution in [0.4, 0.5) is 0 Å². The molecule has 1 aromatic rings. The highest BCUT2D eigenvalue weighted by Crippen LogP contribution is 2.36. The molecule has 0 amide bonds. The second kappa shape index (κ2) is 6.87. The van der Waals surface area contributed by atoms with E-state index in [0.29, 0.717) is 6.04 Å². The number of nitrogens with two attached hydrogens (primary N) is 1. The minimum Gasteiger partial charge on any atom is -0.326 e. The van der Waals surface area contributed by atoms with Crippen LogP contribution in [0.25, 0.3) is 0 Å². The number of likely N-dealkylation sites (tertiary alicyclic amines) is 1. The Morgan fingerprint density at radius 3 is 2.79 bits per heavy atom. The van der Waals surface area contributed by atoms with Gasteiger partial charge in [0.05, 0.1) is 6.04 Å². The van der Waals surface area contributed by atoms with Crippen molar-refractivity contribution in [1.29, 1.82) is 0 Å². The minimum absolute atomic E-state index is 0.254. The standard InChI is InChI=1S/C16H28N2S/c1-4-13-8-6-7-10-18(13)15(14(17)5-2)16-12(3)9-11-19-16/h9,11,13-15H,4-8,10,17H2,1-3H3. The monoisotopic (exact) mass is 280 g/mol. The van der Waals surface area contributed by atoms with E-state index in [-0.39, 0.29) is 6.04 Å². The number of rotatable bonds is 5. The molecule has 0 aliphatic carbocycles. The molecular weight excluding hydrogens is 252 g/mol. The van der Waals surface area contributed by atoms with Gasteiger partial charge in [0.15, 0.2) is 0 Å². The predicted molar refractivity (Wildman–Crippen MR) is 84.7 cm³/mol. The molecule has 0 saturated carbocycles. The maximum atomic E-state index is 6.49. The Hall–Kier alpha value is -0.380. The molecule has 1 aliphatic heterocycles. The van der Waals surface area contributed by atoms with E-state index in [0.717, 1.165) is 12.5 Å². The summed E-state index contributed by atoms with van der Waals surface area (Å²) in [6.07, 6.45) is 6.35. The van der Waals surface area contributed by atoms with Crippen LogP contribution < -0.4 is 5.73 Å². The summed E-state index contributed by atoms with van der Waals surface area (Å²) in [5, 5.41) is 2.21. The van der Waals surface area contributed by atoms with Gasteiger partial charge in [-0.15, -0.1) is 11.3 Å². The molecule has 108 valence electrons. The summed E-state index contributed by atoms with van der Waals surface area (Å²) in [5.41, 5.74) is 7.91. The van der Waals surface area contributed by atoms with Gasteiger partial charge in [0.1, 0.15) is 0 Å². The second-order valence-electron chi connectivity index (χ2n) is 5.78. The highest BCUT2D eigenvalue weighted by molar-refractivity contribution is 7.10. The Kier molecular flexibility index (Phi) is 5.43. The zero-order chi connectivity index (χ0) is 13.8. The van der Waals surface area contributed by atoms with E-state index in [1.54, 1.807) is 0 Å². The van der Waals surface area contributed by atoms with E-state index in [2.05, 4.69) is 37.1 Å². The van der Waals surface area contributed by atoms with Gasteiger partial charge in [0, 0.05) is 17.0 Å². The van der Waals surface area contributed by atoms with Crippen LogP contribution in [0.2, 0.25) is 0 Å². The highest BCUT2D eigenvalue weighted by atomic mass is 32.1. The lowest BCUT2D eigenvalue weighted by Gasteiger charge is -2.43. The zero-order valence-corrected chi connectivity index (χ0v) is 13.4. The van der Waals surface area contributed by atoms with Gasteiger partial charge in [0.25, 0.3) is 0 Å². The molecule has 3 unspecified atom stereocenters. The molecule has 19 heavy (non-hydrogen) atoms. The summed E-state index contributed by atoms with van der Waals surface area (Å²) in [7, 11) is 0. The van der Waals surface area contributed by atoms with Crippen LogP contribution in [0, 0.1) is 6.92 Å². The lowest BCUT2D eigenvalue weighted by atomic mass is 9.92. The van der Waals surface area contributed by atoms with Gasteiger partial charge in [-0.05, 0) is 56.2 Å². The van der Waals surface area contributed by atoms with E-state index < -0.39 is 0 Å². The van der Waals surface area contributed by atoms with Gasteiger partial charge in [-0.3, -0.25) is 4.90 Å². The number of hydrogen-bond acceptors (Lipinski definition) is 3. The number of hydrogen-bond donors (Lipinski definition) is 1. The summed E-state index contributed by atoms with van der Waals surface area (Å²) >= 11 is 1.89. The first-order chi connectivity index (χ1) is 9.19. The summed E-state index contributed by atoms with van der Waals surface area (Å²) < 4.78 is 0. The van der Waals surface area contributed by atoms with Crippen LogP contribution in [0.5, 0.6) is 0 Å². The molecule has 0 aromatic carbocycles. The van der Waals surface area contributed by atoms with Crippen molar-refractivity contribution in [2.45, 2.75) is 71.0 Å². The van der Waals surface area contributed by atoms with Crippen molar-refractivity contribution in [3.05, 3.63) is 21.9 Å². The van der Waals surface area contributed by atoms with Crippen LogP contribution in [-0.4, -0.2) is 23.5 Å². The van der Waals surface area contributed by atoms with Crippen LogP contribution in [0.3, 0.4) is 0 Å². The molecule has 1 saturated heterocycles. The number of nitrogens with zero attached hydrogens (tertiary/aromatic N) is 1. The van der Waals surface area contributed by atoms with E-state index in [1.165, 1.54) is 42.7 Å². The lowest BCUT2D eigenvalue weighted by Crippen LogP contribution is -2.48. The summed E-state index contributed by atoms with van der Waals surface area (Å²) in [6, 6.07) is 3.64. The van der Waals surface area contributed by atoms with Gasteiger partial charge in [-0.25, -0.2) is 0 Å². The number of aryl methyl sites for hydroxylation is 1. The van der Waals surface area contributed by atoms with E-state index in [1.807, 2.05) is 11.3 Å². The Morgan fingerprint density at radius 2 is 2.21 bits per heavy atom. The fourth-order valence-corrected chi connectivity index (χ4v) is 4.45. The Balaban J connectivity index is 2.29. The van der Waals surface area contributed by atoms with E-state index in [9.17, 15) is 0 Å². The first kappa shape index (κ1) is 15.0. The fraction of sp³-hybridized carbons (Fsp3) is 0.750. The van der Waals surface area contributed by atoms with Gasteiger partial charge in [0.2, 0.25) is 0 Å². The number of thiophene rings is 1. The number of piperidine rings is 1. The van der Waals surface area contributed by atoms with Crippen molar-refractivity contribution in [2.75, 3.05) is 6.54 Å². The predicted octanol–water partition coefficient (Wildman–Crippen LogP) is 4.10. The lowest BCUT2D eigenvalue weighted by molar-refractivity contribution is 0.0773. The fourth-order valence-electron chi connectivity index (χ4n) is 3.33. The summed E-state index contributed by atoms with van der Waals surface area (Å²) in [4.78, 5) is 4.20. The van der Waals surface area contributed by atoms with Crippen LogP contribution in [0.1, 0.15) is 62.4 Å². The Bertz CT molecular complexity index is 388. The second-order valence-corrected chi connectivity index (χ2v) is 6.73. The van der Waals surface area contributed by atoms with E-state index >= 15 is 0 Å². The molecule has 0 bridgehead atoms. The Labute approximate surface area is 122 Å². The molecule has 2 nitrogen and oxygen atoms in total. The third kappa shape index (κ3) is 3.21. The molecule has 1 fully saturated rings. The van der Waals surface area contributed by atoms with Crippen molar-refractivity contribution in [3.63, 3.8) is 0 Å². The first-order valence-electron chi connectivity index (χ1n) is 7.74. The summed E-state index contributed by atoms with van der Waals surface area (Å²) in [5.74, 6) is 0. The van der Waals surface area contributed by atoms with Gasteiger partial charge in [-0.2, -0.15) is 0 Å².